The Morgan fingerprint density at radius 3 is 2.61 bits per heavy atom. The van der Waals surface area contributed by atoms with Crippen molar-refractivity contribution in [2.75, 3.05) is 37.6 Å². The highest BCUT2D eigenvalue weighted by Crippen LogP contribution is 2.29. The van der Waals surface area contributed by atoms with Crippen LogP contribution >= 0.6 is 36.4 Å². The van der Waals surface area contributed by atoms with Gasteiger partial charge in [0.1, 0.15) is 5.69 Å². The monoisotopic (exact) mass is 443 g/mol. The van der Waals surface area contributed by atoms with Gasteiger partial charge in [-0.1, -0.05) is 29.8 Å². The van der Waals surface area contributed by atoms with E-state index in [-0.39, 0.29) is 36.8 Å². The van der Waals surface area contributed by atoms with Crippen LogP contribution < -0.4 is 10.2 Å². The van der Waals surface area contributed by atoms with Crippen molar-refractivity contribution in [3.05, 3.63) is 52.8 Å². The first-order valence-electron chi connectivity index (χ1n) is 9.08. The Bertz CT molecular complexity index is 801. The summed E-state index contributed by atoms with van der Waals surface area (Å²) in [7, 11) is 0. The van der Waals surface area contributed by atoms with Crippen LogP contribution in [0.4, 0.5) is 5.95 Å². The second kappa shape index (κ2) is 10.3. The van der Waals surface area contributed by atoms with E-state index in [0.717, 1.165) is 38.0 Å². The van der Waals surface area contributed by atoms with Crippen molar-refractivity contribution >= 4 is 48.3 Å². The third-order valence-corrected chi connectivity index (χ3v) is 5.36. The third kappa shape index (κ3) is 4.69. The maximum absolute atomic E-state index is 13.2. The number of halogens is 3. The van der Waals surface area contributed by atoms with Crippen molar-refractivity contribution < 1.29 is 4.79 Å². The van der Waals surface area contributed by atoms with Crippen molar-refractivity contribution in [1.82, 2.24) is 20.2 Å². The van der Waals surface area contributed by atoms with Gasteiger partial charge in [-0.15, -0.1) is 24.8 Å². The molecule has 1 aromatic carbocycles. The summed E-state index contributed by atoms with van der Waals surface area (Å²) >= 11 is 6.39. The fraction of sp³-hybridized carbons (Fsp3) is 0.421. The van der Waals surface area contributed by atoms with Gasteiger partial charge in [0.05, 0.1) is 6.04 Å². The molecule has 0 saturated carbocycles. The smallest absolute Gasteiger partial charge is 0.273 e. The van der Waals surface area contributed by atoms with Crippen LogP contribution in [0.2, 0.25) is 5.02 Å². The number of carbonyl (C=O) groups is 1. The molecule has 2 aliphatic rings. The van der Waals surface area contributed by atoms with Crippen LogP contribution in [0.3, 0.4) is 0 Å². The van der Waals surface area contributed by atoms with Crippen molar-refractivity contribution in [2.45, 2.75) is 18.9 Å². The molecular formula is C19H24Cl3N5O. The second-order valence-corrected chi connectivity index (χ2v) is 7.08. The van der Waals surface area contributed by atoms with Crippen LogP contribution in [-0.2, 0) is 0 Å². The molecule has 0 radical (unpaired) electrons. The molecule has 1 aromatic heterocycles. The van der Waals surface area contributed by atoms with Gasteiger partial charge < -0.3 is 15.1 Å². The van der Waals surface area contributed by atoms with E-state index >= 15 is 0 Å². The number of anilines is 1. The average molecular weight is 445 g/mol. The number of nitrogens with zero attached hydrogens (tertiary/aromatic N) is 4. The van der Waals surface area contributed by atoms with Crippen molar-refractivity contribution in [3.63, 3.8) is 0 Å². The molecule has 28 heavy (non-hydrogen) atoms. The van der Waals surface area contributed by atoms with Crippen molar-refractivity contribution in [3.8, 4) is 0 Å². The number of piperazine rings is 1. The molecule has 0 aliphatic carbocycles. The number of carbonyl (C=O) groups excluding carboxylic acids is 1. The molecule has 2 fully saturated rings. The summed E-state index contributed by atoms with van der Waals surface area (Å²) in [6, 6.07) is 9.30. The number of amides is 1. The van der Waals surface area contributed by atoms with Crippen LogP contribution in [-0.4, -0.2) is 53.5 Å². The highest BCUT2D eigenvalue weighted by molar-refractivity contribution is 6.31. The Morgan fingerprint density at radius 1 is 1.11 bits per heavy atom. The fourth-order valence-corrected chi connectivity index (χ4v) is 3.92. The predicted octanol–water partition coefficient (Wildman–Crippen LogP) is 3.36. The summed E-state index contributed by atoms with van der Waals surface area (Å²) in [5.74, 6) is 0.581. The van der Waals surface area contributed by atoms with E-state index in [2.05, 4.69) is 20.2 Å². The zero-order valence-corrected chi connectivity index (χ0v) is 17.8. The maximum Gasteiger partial charge on any atom is 0.273 e. The van der Waals surface area contributed by atoms with Gasteiger partial charge in [0.25, 0.3) is 5.91 Å². The topological polar surface area (TPSA) is 61.4 Å². The number of nitrogens with one attached hydrogen (secondary N) is 1. The van der Waals surface area contributed by atoms with E-state index in [1.807, 2.05) is 29.2 Å². The van der Waals surface area contributed by atoms with Crippen LogP contribution in [0, 0.1) is 0 Å². The van der Waals surface area contributed by atoms with Gasteiger partial charge in [0.2, 0.25) is 5.95 Å². The summed E-state index contributed by atoms with van der Waals surface area (Å²) in [5, 5.41) is 4.04. The summed E-state index contributed by atoms with van der Waals surface area (Å²) in [6.07, 6.45) is 3.97. The quantitative estimate of drug-likeness (QED) is 0.786. The Labute approximate surface area is 182 Å². The molecule has 0 spiro atoms. The Balaban J connectivity index is 0.00000140. The normalized spacial score (nSPS) is 19.0. The minimum Gasteiger partial charge on any atom is -0.341 e. The largest absolute Gasteiger partial charge is 0.341 e. The predicted molar refractivity (Wildman–Crippen MR) is 116 cm³/mol. The summed E-state index contributed by atoms with van der Waals surface area (Å²) < 4.78 is 0. The molecule has 6 nitrogen and oxygen atoms in total. The molecule has 2 aromatic rings. The minimum absolute atomic E-state index is 0. The van der Waals surface area contributed by atoms with Crippen LogP contribution in [0.15, 0.2) is 36.5 Å². The van der Waals surface area contributed by atoms with E-state index in [1.54, 1.807) is 12.3 Å². The van der Waals surface area contributed by atoms with E-state index in [9.17, 15) is 4.79 Å². The van der Waals surface area contributed by atoms with Gasteiger partial charge in [0.15, 0.2) is 0 Å². The fourth-order valence-electron chi connectivity index (χ4n) is 3.65. The van der Waals surface area contributed by atoms with Gasteiger partial charge in [-0.25, -0.2) is 9.97 Å². The first-order valence-corrected chi connectivity index (χ1v) is 9.46. The lowest BCUT2D eigenvalue weighted by molar-refractivity contribution is 0.0628. The van der Waals surface area contributed by atoms with Gasteiger partial charge in [-0.3, -0.25) is 4.79 Å². The molecule has 1 N–H and O–H groups in total. The SMILES string of the molecule is Cl.Cl.O=C(c1ccnc(N2CCCC2)n1)N1CCNCC1c1ccccc1Cl. The number of rotatable bonds is 3. The second-order valence-electron chi connectivity index (χ2n) is 6.68. The molecule has 1 amide bonds. The zero-order chi connectivity index (χ0) is 17.9. The molecule has 1 atom stereocenters. The number of hydrogen-bond donors (Lipinski definition) is 1. The molecule has 4 rings (SSSR count). The third-order valence-electron chi connectivity index (χ3n) is 5.02. The van der Waals surface area contributed by atoms with E-state index in [0.29, 0.717) is 29.8 Å². The van der Waals surface area contributed by atoms with Crippen LogP contribution in [0.5, 0.6) is 0 Å². The standard InChI is InChI=1S/C19H22ClN5O.2ClH/c20-15-6-2-1-5-14(15)17-13-21-9-12-25(17)18(26)16-7-8-22-19(23-16)24-10-3-4-11-24;;/h1-2,5-8,17,21H,3-4,9-13H2;2*1H. The lowest BCUT2D eigenvalue weighted by atomic mass is 10.0. The van der Waals surface area contributed by atoms with E-state index < -0.39 is 0 Å². The lowest BCUT2D eigenvalue weighted by Gasteiger charge is -2.36. The van der Waals surface area contributed by atoms with Gasteiger partial charge >= 0.3 is 0 Å². The summed E-state index contributed by atoms with van der Waals surface area (Å²) in [4.78, 5) is 26.1. The Hall–Kier alpha value is -1.60. The van der Waals surface area contributed by atoms with E-state index in [4.69, 9.17) is 11.6 Å². The molecule has 2 saturated heterocycles. The Morgan fingerprint density at radius 2 is 1.86 bits per heavy atom. The first-order chi connectivity index (χ1) is 12.7. The lowest BCUT2D eigenvalue weighted by Crippen LogP contribution is -2.49. The minimum atomic E-state index is -0.102. The molecular weight excluding hydrogens is 421 g/mol. The number of aromatic nitrogens is 2. The van der Waals surface area contributed by atoms with E-state index in [1.165, 1.54) is 0 Å². The maximum atomic E-state index is 13.2. The average Bonchev–Trinajstić information content (AvgIpc) is 3.23. The van der Waals surface area contributed by atoms with Crippen LogP contribution in [0.25, 0.3) is 0 Å². The Kier molecular flexibility index (Phi) is 8.31. The molecule has 152 valence electrons. The van der Waals surface area contributed by atoms with Gasteiger partial charge in [-0.2, -0.15) is 0 Å². The summed E-state index contributed by atoms with van der Waals surface area (Å²) in [5.41, 5.74) is 1.41. The van der Waals surface area contributed by atoms with Crippen molar-refractivity contribution in [2.24, 2.45) is 0 Å². The molecule has 9 heteroatoms. The number of benzene rings is 1. The van der Waals surface area contributed by atoms with Gasteiger partial charge in [-0.05, 0) is 30.5 Å². The highest BCUT2D eigenvalue weighted by Gasteiger charge is 2.31. The summed E-state index contributed by atoms with van der Waals surface area (Å²) in [6.45, 7) is 3.97. The first kappa shape index (κ1) is 22.7. The molecule has 0 bridgehead atoms. The molecule has 3 heterocycles. The van der Waals surface area contributed by atoms with Gasteiger partial charge in [0, 0.05) is 43.9 Å². The van der Waals surface area contributed by atoms with Crippen LogP contribution in [0.1, 0.15) is 34.9 Å². The highest BCUT2D eigenvalue weighted by atomic mass is 35.5. The van der Waals surface area contributed by atoms with Crippen molar-refractivity contribution in [1.29, 1.82) is 0 Å². The molecule has 2 aliphatic heterocycles. The number of hydrogen-bond acceptors (Lipinski definition) is 5. The zero-order valence-electron chi connectivity index (χ0n) is 15.4. The molecule has 1 unspecified atom stereocenters.